The zero-order valence-electron chi connectivity index (χ0n) is 13.0. The molecule has 2 rings (SSSR count). The predicted octanol–water partition coefficient (Wildman–Crippen LogP) is 2.92. The summed E-state index contributed by atoms with van der Waals surface area (Å²) in [5.74, 6) is -1.79. The van der Waals surface area contributed by atoms with Gasteiger partial charge in [-0.2, -0.15) is 18.3 Å². The molecule has 138 valence electrons. The average molecular weight is 381 g/mol. The highest BCUT2D eigenvalue weighted by Crippen LogP contribution is 2.34. The molecule has 1 heterocycles. The van der Waals surface area contributed by atoms with Crippen LogP contribution in [0.25, 0.3) is 5.69 Å². The van der Waals surface area contributed by atoms with E-state index in [4.69, 9.17) is 5.73 Å². The van der Waals surface area contributed by atoms with Crippen molar-refractivity contribution in [3.05, 3.63) is 47.5 Å². The van der Waals surface area contributed by atoms with Crippen molar-refractivity contribution in [3.63, 3.8) is 0 Å². The molecule has 1 aromatic heterocycles. The first kappa shape index (κ1) is 20.9. The molecule has 0 bridgehead atoms. The number of carbonyl (C=O) groups excluding carboxylic acids is 1. The van der Waals surface area contributed by atoms with Gasteiger partial charge in [-0.3, -0.25) is 4.79 Å². The van der Waals surface area contributed by atoms with Crippen molar-refractivity contribution in [2.75, 3.05) is 13.1 Å². The van der Waals surface area contributed by atoms with E-state index < -0.39 is 29.2 Å². The van der Waals surface area contributed by atoms with E-state index >= 15 is 0 Å². The summed E-state index contributed by atoms with van der Waals surface area (Å²) >= 11 is 0. The van der Waals surface area contributed by atoms with E-state index in [-0.39, 0.29) is 24.6 Å². The predicted molar refractivity (Wildman–Crippen MR) is 86.4 cm³/mol. The minimum Gasteiger partial charge on any atom is -0.352 e. The SMILES string of the molecule is Cl.NCCCCNC(=O)c1cnn(-c2ccccc2F)c1C(F)(F)F. The zero-order chi connectivity index (χ0) is 17.7. The number of amides is 1. The van der Waals surface area contributed by atoms with Crippen LogP contribution >= 0.6 is 12.4 Å². The molecule has 10 heteroatoms. The molecule has 0 unspecified atom stereocenters. The van der Waals surface area contributed by atoms with Crippen molar-refractivity contribution in [3.8, 4) is 5.69 Å². The van der Waals surface area contributed by atoms with Crippen LogP contribution in [0, 0.1) is 5.82 Å². The quantitative estimate of drug-likeness (QED) is 0.598. The van der Waals surface area contributed by atoms with Gasteiger partial charge in [0, 0.05) is 6.54 Å². The molecule has 0 atom stereocenters. The number of aromatic nitrogens is 2. The number of unbranched alkanes of at least 4 members (excludes halogenated alkanes) is 1. The first-order chi connectivity index (χ1) is 11.4. The van der Waals surface area contributed by atoms with Gasteiger partial charge < -0.3 is 11.1 Å². The monoisotopic (exact) mass is 380 g/mol. The van der Waals surface area contributed by atoms with E-state index in [9.17, 15) is 22.4 Å². The number of nitrogens with zero attached hydrogens (tertiary/aromatic N) is 2. The summed E-state index contributed by atoms with van der Waals surface area (Å²) in [7, 11) is 0. The number of halogens is 5. The van der Waals surface area contributed by atoms with Gasteiger partial charge in [0.25, 0.3) is 5.91 Å². The lowest BCUT2D eigenvalue weighted by molar-refractivity contribution is -0.143. The summed E-state index contributed by atoms with van der Waals surface area (Å²) < 4.78 is 54.3. The average Bonchev–Trinajstić information content (AvgIpc) is 2.97. The lowest BCUT2D eigenvalue weighted by Crippen LogP contribution is -2.27. The number of hydrogen-bond donors (Lipinski definition) is 2. The number of alkyl halides is 3. The molecule has 0 aliphatic heterocycles. The van der Waals surface area contributed by atoms with Gasteiger partial charge >= 0.3 is 6.18 Å². The Hall–Kier alpha value is -2.13. The van der Waals surface area contributed by atoms with Crippen molar-refractivity contribution >= 4 is 18.3 Å². The maximum Gasteiger partial charge on any atom is 0.434 e. The van der Waals surface area contributed by atoms with Gasteiger partial charge in [-0.05, 0) is 31.5 Å². The number of hydrogen-bond acceptors (Lipinski definition) is 3. The van der Waals surface area contributed by atoms with Crippen LogP contribution in [-0.2, 0) is 6.18 Å². The molecule has 25 heavy (non-hydrogen) atoms. The molecule has 0 aliphatic rings. The molecule has 2 aromatic rings. The lowest BCUT2D eigenvalue weighted by atomic mass is 10.2. The van der Waals surface area contributed by atoms with Crippen LogP contribution in [0.5, 0.6) is 0 Å². The molecule has 0 aliphatic carbocycles. The van der Waals surface area contributed by atoms with E-state index in [0.717, 1.165) is 18.3 Å². The second-order valence-corrected chi connectivity index (χ2v) is 5.02. The minimum atomic E-state index is -4.87. The second kappa shape index (κ2) is 8.82. The molecule has 1 aromatic carbocycles. The number of benzene rings is 1. The maximum absolute atomic E-state index is 13.8. The standard InChI is InChI=1S/C15H16F4N4O.ClH/c16-11-5-1-2-6-12(11)23-13(15(17,18)19)10(9-22-23)14(24)21-8-4-3-7-20;/h1-2,5-6,9H,3-4,7-8,20H2,(H,21,24);1H. The number of rotatable bonds is 6. The largest absolute Gasteiger partial charge is 0.434 e. The fraction of sp³-hybridized carbons (Fsp3) is 0.333. The van der Waals surface area contributed by atoms with Crippen LogP contribution in [0.4, 0.5) is 17.6 Å². The first-order valence-corrected chi connectivity index (χ1v) is 7.24. The van der Waals surface area contributed by atoms with Crippen LogP contribution in [0.3, 0.4) is 0 Å². The minimum absolute atomic E-state index is 0. The third-order valence-electron chi connectivity index (χ3n) is 3.28. The molecule has 0 saturated carbocycles. The van der Waals surface area contributed by atoms with Crippen molar-refractivity contribution in [2.24, 2.45) is 5.73 Å². The van der Waals surface area contributed by atoms with Crippen molar-refractivity contribution in [1.29, 1.82) is 0 Å². The normalized spacial score (nSPS) is 11.1. The van der Waals surface area contributed by atoms with Gasteiger partial charge in [-0.15, -0.1) is 12.4 Å². The van der Waals surface area contributed by atoms with Gasteiger partial charge in [-0.25, -0.2) is 9.07 Å². The van der Waals surface area contributed by atoms with E-state index in [1.807, 2.05) is 0 Å². The molecule has 0 radical (unpaired) electrons. The Morgan fingerprint density at radius 2 is 1.92 bits per heavy atom. The summed E-state index contributed by atoms with van der Waals surface area (Å²) in [5.41, 5.74) is 2.96. The molecule has 0 fully saturated rings. The van der Waals surface area contributed by atoms with Gasteiger partial charge in [-0.1, -0.05) is 12.1 Å². The van der Waals surface area contributed by atoms with Gasteiger partial charge in [0.1, 0.15) is 11.5 Å². The Labute approximate surface area is 147 Å². The van der Waals surface area contributed by atoms with E-state index in [1.165, 1.54) is 12.1 Å². The molecule has 3 N–H and O–H groups in total. The van der Waals surface area contributed by atoms with Crippen LogP contribution in [-0.4, -0.2) is 28.8 Å². The summed E-state index contributed by atoms with van der Waals surface area (Å²) in [6.07, 6.45) is -2.90. The molecule has 0 spiro atoms. The highest BCUT2D eigenvalue weighted by molar-refractivity contribution is 5.95. The number of nitrogens with one attached hydrogen (secondary N) is 1. The van der Waals surface area contributed by atoms with Gasteiger partial charge in [0.15, 0.2) is 5.69 Å². The third kappa shape index (κ3) is 4.93. The summed E-state index contributed by atoms with van der Waals surface area (Å²) in [6, 6.07) is 4.90. The summed E-state index contributed by atoms with van der Waals surface area (Å²) in [5, 5.41) is 5.94. The molecular weight excluding hydrogens is 364 g/mol. The lowest BCUT2D eigenvalue weighted by Gasteiger charge is -2.13. The fourth-order valence-corrected chi connectivity index (χ4v) is 2.16. The molecule has 5 nitrogen and oxygen atoms in total. The van der Waals surface area contributed by atoms with Crippen molar-refractivity contribution in [1.82, 2.24) is 15.1 Å². The zero-order valence-corrected chi connectivity index (χ0v) is 13.8. The van der Waals surface area contributed by atoms with Crippen LogP contribution in [0.2, 0.25) is 0 Å². The molecular formula is C15H17ClF4N4O. The Morgan fingerprint density at radius 3 is 2.52 bits per heavy atom. The Kier molecular flexibility index (Phi) is 7.38. The molecule has 0 saturated heterocycles. The number of para-hydroxylation sites is 1. The summed E-state index contributed by atoms with van der Waals surface area (Å²) in [4.78, 5) is 12.0. The van der Waals surface area contributed by atoms with Crippen molar-refractivity contribution < 1.29 is 22.4 Å². The highest BCUT2D eigenvalue weighted by Gasteiger charge is 2.40. The van der Waals surface area contributed by atoms with E-state index in [2.05, 4.69) is 10.4 Å². The van der Waals surface area contributed by atoms with Crippen molar-refractivity contribution in [2.45, 2.75) is 19.0 Å². The maximum atomic E-state index is 13.8. The second-order valence-electron chi connectivity index (χ2n) is 5.02. The summed E-state index contributed by atoms with van der Waals surface area (Å²) in [6.45, 7) is 0.618. The highest BCUT2D eigenvalue weighted by atomic mass is 35.5. The third-order valence-corrected chi connectivity index (χ3v) is 3.28. The van der Waals surface area contributed by atoms with Crippen LogP contribution < -0.4 is 11.1 Å². The van der Waals surface area contributed by atoms with Gasteiger partial charge in [0.05, 0.1) is 11.8 Å². The topological polar surface area (TPSA) is 72.9 Å². The molecule has 1 amide bonds. The Bertz CT molecular complexity index is 718. The van der Waals surface area contributed by atoms with Crippen LogP contribution in [0.15, 0.2) is 30.5 Å². The Morgan fingerprint density at radius 1 is 1.24 bits per heavy atom. The number of nitrogens with two attached hydrogens (primary N) is 1. The van der Waals surface area contributed by atoms with Crippen LogP contribution in [0.1, 0.15) is 28.9 Å². The fourth-order valence-electron chi connectivity index (χ4n) is 2.16. The Balaban J connectivity index is 0.00000312. The van der Waals surface area contributed by atoms with E-state index in [1.54, 1.807) is 0 Å². The first-order valence-electron chi connectivity index (χ1n) is 7.24. The van der Waals surface area contributed by atoms with Gasteiger partial charge in [0.2, 0.25) is 0 Å². The number of carbonyl (C=O) groups is 1. The van der Waals surface area contributed by atoms with E-state index in [0.29, 0.717) is 24.1 Å². The smallest absolute Gasteiger partial charge is 0.352 e.